The van der Waals surface area contributed by atoms with Crippen molar-refractivity contribution in [2.75, 3.05) is 18.4 Å². The molecule has 9 heteroatoms. The molecule has 0 aliphatic carbocycles. The predicted molar refractivity (Wildman–Crippen MR) is 137 cm³/mol. The summed E-state index contributed by atoms with van der Waals surface area (Å²) in [6, 6.07) is 11.3. The van der Waals surface area contributed by atoms with Crippen LogP contribution in [0, 0.1) is 12.7 Å². The van der Waals surface area contributed by atoms with E-state index in [-0.39, 0.29) is 23.7 Å². The molecule has 0 saturated carbocycles. The molecule has 190 valence electrons. The number of hydrogen-bond acceptors (Lipinski definition) is 4. The number of rotatable bonds is 4. The van der Waals surface area contributed by atoms with Crippen LogP contribution in [-0.2, 0) is 4.74 Å². The monoisotopic (exact) mass is 512 g/mol. The molecule has 1 aromatic heterocycles. The van der Waals surface area contributed by atoms with Gasteiger partial charge in [-0.2, -0.15) is 5.10 Å². The number of ether oxygens (including phenoxy) is 1. The van der Waals surface area contributed by atoms with E-state index in [9.17, 15) is 14.0 Å². The van der Waals surface area contributed by atoms with Gasteiger partial charge < -0.3 is 15.0 Å². The first-order chi connectivity index (χ1) is 17.0. The Morgan fingerprint density at radius 2 is 1.78 bits per heavy atom. The lowest BCUT2D eigenvalue weighted by Gasteiger charge is -2.34. The van der Waals surface area contributed by atoms with Crippen LogP contribution in [0.3, 0.4) is 0 Å². The van der Waals surface area contributed by atoms with E-state index in [1.807, 2.05) is 39.8 Å². The van der Waals surface area contributed by atoms with Crippen molar-refractivity contribution in [1.82, 2.24) is 14.7 Å². The lowest BCUT2D eigenvalue weighted by Crippen LogP contribution is -2.41. The molecule has 1 saturated heterocycles. The first kappa shape index (κ1) is 25.7. The van der Waals surface area contributed by atoms with Gasteiger partial charge in [0.2, 0.25) is 0 Å². The number of amides is 2. The number of carbonyl (C=O) groups is 2. The Kier molecular flexibility index (Phi) is 7.36. The fourth-order valence-corrected chi connectivity index (χ4v) is 4.67. The highest BCUT2D eigenvalue weighted by Gasteiger charge is 2.32. The second kappa shape index (κ2) is 10.3. The quantitative estimate of drug-likeness (QED) is 0.442. The third-order valence-electron chi connectivity index (χ3n) is 5.96. The molecular formula is C27H30ClFN4O3. The lowest BCUT2D eigenvalue weighted by atomic mass is 9.90. The Bertz CT molecular complexity index is 1240. The van der Waals surface area contributed by atoms with Gasteiger partial charge in [-0.1, -0.05) is 11.6 Å². The number of hydrogen-bond donors (Lipinski definition) is 1. The summed E-state index contributed by atoms with van der Waals surface area (Å²) in [5, 5.41) is 7.95. The zero-order valence-corrected chi connectivity index (χ0v) is 21.6. The third kappa shape index (κ3) is 6.05. The molecule has 1 fully saturated rings. The number of benzene rings is 2. The maximum absolute atomic E-state index is 13.6. The summed E-state index contributed by atoms with van der Waals surface area (Å²) in [5.41, 5.74) is 2.74. The van der Waals surface area contributed by atoms with Crippen molar-refractivity contribution in [1.29, 1.82) is 0 Å². The van der Waals surface area contributed by atoms with E-state index in [4.69, 9.17) is 16.3 Å². The van der Waals surface area contributed by atoms with Gasteiger partial charge in [-0.25, -0.2) is 13.9 Å². The second-order valence-electron chi connectivity index (χ2n) is 10.0. The van der Waals surface area contributed by atoms with Crippen molar-refractivity contribution in [3.63, 3.8) is 0 Å². The van der Waals surface area contributed by atoms with E-state index >= 15 is 0 Å². The molecule has 2 heterocycles. The summed E-state index contributed by atoms with van der Waals surface area (Å²) in [6.45, 7) is 8.39. The Labute approximate surface area is 215 Å². The van der Waals surface area contributed by atoms with E-state index in [1.54, 1.807) is 27.8 Å². The van der Waals surface area contributed by atoms with Crippen LogP contribution in [0.2, 0.25) is 5.02 Å². The van der Waals surface area contributed by atoms with Gasteiger partial charge in [-0.15, -0.1) is 0 Å². The Hall–Kier alpha value is -3.39. The van der Waals surface area contributed by atoms with Crippen molar-refractivity contribution in [2.45, 2.75) is 52.1 Å². The van der Waals surface area contributed by atoms with E-state index in [0.717, 1.165) is 11.3 Å². The average molecular weight is 513 g/mol. The lowest BCUT2D eigenvalue weighted by molar-refractivity contribution is 0.0203. The zero-order chi connectivity index (χ0) is 26.0. The Morgan fingerprint density at radius 1 is 1.11 bits per heavy atom. The van der Waals surface area contributed by atoms with Gasteiger partial charge in [-0.05, 0) is 88.6 Å². The van der Waals surface area contributed by atoms with Gasteiger partial charge in [-0.3, -0.25) is 4.79 Å². The van der Waals surface area contributed by atoms with Crippen molar-refractivity contribution in [2.24, 2.45) is 0 Å². The number of halogens is 2. The van der Waals surface area contributed by atoms with Crippen LogP contribution in [-0.4, -0.2) is 45.4 Å². The number of aryl methyl sites for hydroxylation is 1. The number of piperidine rings is 1. The topological polar surface area (TPSA) is 76.5 Å². The minimum atomic E-state index is -0.570. The number of likely N-dealkylation sites (tertiary alicyclic amines) is 1. The smallest absolute Gasteiger partial charge is 0.410 e. The summed E-state index contributed by atoms with van der Waals surface area (Å²) in [6.07, 6.45) is 2.44. The van der Waals surface area contributed by atoms with Crippen LogP contribution in [0.25, 0.3) is 5.69 Å². The van der Waals surface area contributed by atoms with Crippen LogP contribution < -0.4 is 5.32 Å². The maximum Gasteiger partial charge on any atom is 0.410 e. The molecule has 1 aliphatic rings. The molecule has 1 aliphatic heterocycles. The van der Waals surface area contributed by atoms with E-state index < -0.39 is 5.60 Å². The summed E-state index contributed by atoms with van der Waals surface area (Å²) in [5.74, 6) is -0.708. The van der Waals surface area contributed by atoms with E-state index in [1.165, 1.54) is 18.3 Å². The van der Waals surface area contributed by atoms with Gasteiger partial charge in [0.25, 0.3) is 5.91 Å². The number of carbonyl (C=O) groups excluding carboxylic acids is 2. The molecule has 2 aromatic carbocycles. The first-order valence-corrected chi connectivity index (χ1v) is 12.3. The molecule has 1 N–H and O–H groups in total. The standard InChI is InChI=1S/C27H30ClFN4O3/c1-17-13-19(28)15-21(14-17)31-25(34)23-16-30-33(22-7-5-20(29)6-8-22)24(23)18-9-11-32(12-10-18)26(35)36-27(2,3)4/h5-8,13-16,18H,9-12H2,1-4H3,(H,31,34). The molecule has 4 rings (SSSR count). The molecule has 7 nitrogen and oxygen atoms in total. The number of nitrogens with zero attached hydrogens (tertiary/aromatic N) is 3. The molecule has 0 atom stereocenters. The molecule has 0 spiro atoms. The molecular weight excluding hydrogens is 483 g/mol. The normalized spacial score (nSPS) is 14.6. The molecule has 2 amide bonds. The first-order valence-electron chi connectivity index (χ1n) is 11.9. The van der Waals surface area contributed by atoms with E-state index in [2.05, 4.69) is 10.4 Å². The zero-order valence-electron chi connectivity index (χ0n) is 20.8. The van der Waals surface area contributed by atoms with Gasteiger partial charge >= 0.3 is 6.09 Å². The van der Waals surface area contributed by atoms with Crippen LogP contribution in [0.4, 0.5) is 14.9 Å². The fourth-order valence-electron chi connectivity index (χ4n) is 4.38. The minimum absolute atomic E-state index is 0.0434. The highest BCUT2D eigenvalue weighted by atomic mass is 35.5. The number of nitrogens with one attached hydrogen (secondary N) is 1. The number of aromatic nitrogens is 2. The SMILES string of the molecule is Cc1cc(Cl)cc(NC(=O)c2cnn(-c3ccc(F)cc3)c2C2CCN(C(=O)OC(C)(C)C)CC2)c1. The van der Waals surface area contributed by atoms with Gasteiger partial charge in [0.05, 0.1) is 23.1 Å². The van der Waals surface area contributed by atoms with E-state index in [0.29, 0.717) is 47.9 Å². The largest absolute Gasteiger partial charge is 0.444 e. The molecule has 3 aromatic rings. The number of anilines is 1. The highest BCUT2D eigenvalue weighted by molar-refractivity contribution is 6.31. The molecule has 0 unspecified atom stereocenters. The van der Waals surface area contributed by atoms with Crippen LogP contribution in [0.1, 0.15) is 61.1 Å². The van der Waals surface area contributed by atoms with Crippen molar-refractivity contribution in [3.8, 4) is 5.69 Å². The molecule has 36 heavy (non-hydrogen) atoms. The highest BCUT2D eigenvalue weighted by Crippen LogP contribution is 2.33. The minimum Gasteiger partial charge on any atom is -0.444 e. The predicted octanol–water partition coefficient (Wildman–Crippen LogP) is 6.34. The Morgan fingerprint density at radius 3 is 2.39 bits per heavy atom. The van der Waals surface area contributed by atoms with Gasteiger partial charge in [0, 0.05) is 29.7 Å². The summed E-state index contributed by atoms with van der Waals surface area (Å²) in [4.78, 5) is 27.6. The second-order valence-corrected chi connectivity index (χ2v) is 10.5. The van der Waals surface area contributed by atoms with Crippen molar-refractivity contribution < 1.29 is 18.7 Å². The van der Waals surface area contributed by atoms with Crippen molar-refractivity contribution in [3.05, 3.63) is 76.3 Å². The maximum atomic E-state index is 13.6. The molecule has 0 bridgehead atoms. The Balaban J connectivity index is 1.62. The third-order valence-corrected chi connectivity index (χ3v) is 6.17. The fraction of sp³-hybridized carbons (Fsp3) is 0.370. The van der Waals surface area contributed by atoms with Gasteiger partial charge in [0.15, 0.2) is 0 Å². The van der Waals surface area contributed by atoms with Crippen LogP contribution in [0.15, 0.2) is 48.7 Å². The molecule has 0 radical (unpaired) electrons. The summed E-state index contributed by atoms with van der Waals surface area (Å²) < 4.78 is 20.8. The average Bonchev–Trinajstić information content (AvgIpc) is 3.23. The van der Waals surface area contributed by atoms with Crippen LogP contribution in [0.5, 0.6) is 0 Å². The van der Waals surface area contributed by atoms with Crippen molar-refractivity contribution >= 4 is 29.3 Å². The van der Waals surface area contributed by atoms with Crippen LogP contribution >= 0.6 is 11.6 Å². The summed E-state index contributed by atoms with van der Waals surface area (Å²) >= 11 is 6.17. The van der Waals surface area contributed by atoms with Gasteiger partial charge in [0.1, 0.15) is 11.4 Å². The summed E-state index contributed by atoms with van der Waals surface area (Å²) in [7, 11) is 0.